The molecule has 5 heteroatoms. The van der Waals surface area contributed by atoms with Crippen LogP contribution in [0.15, 0.2) is 0 Å². The molecule has 2 nitrogen and oxygen atoms in total. The van der Waals surface area contributed by atoms with E-state index in [1.165, 1.54) is 0 Å². The van der Waals surface area contributed by atoms with Crippen LogP contribution in [0.3, 0.4) is 0 Å². The van der Waals surface area contributed by atoms with E-state index < -0.39 is 5.62 Å². The SMILES string of the molecule is CN(C)[P@]1(=S)OCCS1. The summed E-state index contributed by atoms with van der Waals surface area (Å²) in [5.74, 6) is 1.06. The molecule has 0 saturated carbocycles. The van der Waals surface area contributed by atoms with E-state index >= 15 is 0 Å². The Bertz CT molecular complexity index is 140. The van der Waals surface area contributed by atoms with Gasteiger partial charge in [0.15, 0.2) is 5.62 Å². The third kappa shape index (κ3) is 1.69. The number of hydrogen-bond acceptors (Lipinski definition) is 3. The second-order valence-electron chi connectivity index (χ2n) is 1.98. The second kappa shape index (κ2) is 2.89. The molecule has 1 heterocycles. The Balaban J connectivity index is 2.62. The van der Waals surface area contributed by atoms with Crippen LogP contribution in [0.4, 0.5) is 0 Å². The molecule has 1 rings (SSSR count). The van der Waals surface area contributed by atoms with Crippen molar-refractivity contribution in [2.75, 3.05) is 26.5 Å². The Morgan fingerprint density at radius 2 is 2.33 bits per heavy atom. The third-order valence-corrected chi connectivity index (χ3v) is 8.31. The fourth-order valence-electron chi connectivity index (χ4n) is 0.573. The van der Waals surface area contributed by atoms with E-state index in [1.807, 2.05) is 18.8 Å². The Kier molecular flexibility index (Phi) is 2.57. The maximum Gasteiger partial charge on any atom is 0.188 e. The normalized spacial score (nSPS) is 35.9. The first-order chi connectivity index (χ1) is 4.15. The standard InChI is InChI=1S/C4H10NOPS2/c1-5(2)7(8)6-3-4-9-7/h3-4H2,1-2H3/t7-/m1/s1. The van der Waals surface area contributed by atoms with Crippen LogP contribution < -0.4 is 0 Å². The Morgan fingerprint density at radius 1 is 1.67 bits per heavy atom. The Labute approximate surface area is 64.8 Å². The summed E-state index contributed by atoms with van der Waals surface area (Å²) in [5, 5.41) is 0. The van der Waals surface area contributed by atoms with Gasteiger partial charge in [-0.3, -0.25) is 4.67 Å². The summed E-state index contributed by atoms with van der Waals surface area (Å²) < 4.78 is 7.44. The number of nitrogens with zero attached hydrogens (tertiary/aromatic N) is 1. The van der Waals surface area contributed by atoms with Crippen LogP contribution in [0.1, 0.15) is 0 Å². The van der Waals surface area contributed by atoms with Crippen LogP contribution in [0.5, 0.6) is 0 Å². The molecular weight excluding hydrogens is 173 g/mol. The molecule has 0 amide bonds. The number of hydrogen-bond donors (Lipinski definition) is 0. The summed E-state index contributed by atoms with van der Waals surface area (Å²) in [4.78, 5) is 0. The van der Waals surface area contributed by atoms with Crippen molar-refractivity contribution in [2.45, 2.75) is 0 Å². The van der Waals surface area contributed by atoms with Gasteiger partial charge < -0.3 is 4.52 Å². The number of rotatable bonds is 1. The lowest BCUT2D eigenvalue weighted by Gasteiger charge is -2.20. The lowest BCUT2D eigenvalue weighted by Crippen LogP contribution is -2.04. The predicted octanol–water partition coefficient (Wildman–Crippen LogP) is 1.54. The van der Waals surface area contributed by atoms with Crippen LogP contribution in [0, 0.1) is 0 Å². The van der Waals surface area contributed by atoms with E-state index in [4.69, 9.17) is 16.3 Å². The van der Waals surface area contributed by atoms with Gasteiger partial charge in [0, 0.05) is 5.75 Å². The average molecular weight is 183 g/mol. The zero-order valence-electron chi connectivity index (χ0n) is 5.53. The summed E-state index contributed by atoms with van der Waals surface area (Å²) in [6.07, 6.45) is 0. The first-order valence-corrected chi connectivity index (χ1v) is 6.98. The highest BCUT2D eigenvalue weighted by atomic mass is 32.9. The van der Waals surface area contributed by atoms with E-state index in [0.29, 0.717) is 0 Å². The van der Waals surface area contributed by atoms with Crippen LogP contribution in [0.25, 0.3) is 0 Å². The molecule has 0 bridgehead atoms. The monoisotopic (exact) mass is 183 g/mol. The summed E-state index contributed by atoms with van der Waals surface area (Å²) in [6.45, 7) is 0.833. The van der Waals surface area contributed by atoms with Crippen molar-refractivity contribution >= 4 is 28.8 Å². The highest BCUT2D eigenvalue weighted by Gasteiger charge is 2.26. The van der Waals surface area contributed by atoms with E-state index in [1.54, 1.807) is 11.4 Å². The van der Waals surface area contributed by atoms with Crippen LogP contribution in [-0.4, -0.2) is 31.1 Å². The van der Waals surface area contributed by atoms with E-state index in [9.17, 15) is 0 Å². The molecule has 1 saturated heterocycles. The van der Waals surface area contributed by atoms with Gasteiger partial charge in [-0.2, -0.15) is 0 Å². The highest BCUT2D eigenvalue weighted by Crippen LogP contribution is 2.64. The van der Waals surface area contributed by atoms with Gasteiger partial charge in [-0.25, -0.2) is 0 Å². The third-order valence-electron chi connectivity index (χ3n) is 1.08. The van der Waals surface area contributed by atoms with Gasteiger partial charge in [-0.1, -0.05) is 11.4 Å². The van der Waals surface area contributed by atoms with Crippen LogP contribution in [-0.2, 0) is 16.3 Å². The van der Waals surface area contributed by atoms with Crippen molar-refractivity contribution in [2.24, 2.45) is 0 Å². The largest absolute Gasteiger partial charge is 0.330 e. The van der Waals surface area contributed by atoms with Crippen molar-refractivity contribution in [1.29, 1.82) is 0 Å². The molecule has 0 aromatic carbocycles. The minimum atomic E-state index is -1.56. The minimum Gasteiger partial charge on any atom is -0.330 e. The zero-order chi connectivity index (χ0) is 6.91. The summed E-state index contributed by atoms with van der Waals surface area (Å²) in [6, 6.07) is 0. The fraction of sp³-hybridized carbons (Fsp3) is 1.00. The van der Waals surface area contributed by atoms with Crippen molar-refractivity contribution in [3.63, 3.8) is 0 Å². The lowest BCUT2D eigenvalue weighted by atomic mass is 10.9. The molecule has 0 N–H and O–H groups in total. The molecule has 1 aliphatic rings. The van der Waals surface area contributed by atoms with Gasteiger partial charge in [0.05, 0.1) is 6.61 Å². The van der Waals surface area contributed by atoms with E-state index in [0.717, 1.165) is 12.4 Å². The Morgan fingerprint density at radius 3 is 2.56 bits per heavy atom. The van der Waals surface area contributed by atoms with Crippen molar-refractivity contribution in [3.05, 3.63) is 0 Å². The summed E-state index contributed by atoms with van der Waals surface area (Å²) in [7, 11) is 3.97. The molecule has 0 aromatic heterocycles. The van der Waals surface area contributed by atoms with Crippen molar-refractivity contribution < 1.29 is 4.52 Å². The summed E-state index contributed by atoms with van der Waals surface area (Å²) in [5.41, 5.74) is -1.56. The molecule has 9 heavy (non-hydrogen) atoms. The van der Waals surface area contributed by atoms with E-state index in [-0.39, 0.29) is 0 Å². The second-order valence-corrected chi connectivity index (χ2v) is 9.08. The minimum absolute atomic E-state index is 0.833. The first kappa shape index (κ1) is 8.02. The molecule has 54 valence electrons. The van der Waals surface area contributed by atoms with Gasteiger partial charge in [0.1, 0.15) is 0 Å². The predicted molar refractivity (Wildman–Crippen MR) is 46.4 cm³/mol. The fourth-order valence-corrected chi connectivity index (χ4v) is 4.89. The Hall–Kier alpha value is 0.920. The first-order valence-electron chi connectivity index (χ1n) is 2.72. The van der Waals surface area contributed by atoms with Crippen molar-refractivity contribution in [3.8, 4) is 0 Å². The van der Waals surface area contributed by atoms with Gasteiger partial charge in [-0.15, -0.1) is 0 Å². The zero-order valence-corrected chi connectivity index (χ0v) is 8.06. The molecule has 0 spiro atoms. The maximum absolute atomic E-state index is 5.42. The van der Waals surface area contributed by atoms with Gasteiger partial charge in [-0.05, 0) is 25.9 Å². The lowest BCUT2D eigenvalue weighted by molar-refractivity contribution is 0.371. The van der Waals surface area contributed by atoms with Crippen LogP contribution in [0.2, 0.25) is 0 Å². The van der Waals surface area contributed by atoms with Gasteiger partial charge in [0.25, 0.3) is 0 Å². The molecule has 0 aliphatic carbocycles. The van der Waals surface area contributed by atoms with E-state index in [2.05, 4.69) is 0 Å². The smallest absolute Gasteiger partial charge is 0.188 e. The molecule has 0 unspecified atom stereocenters. The van der Waals surface area contributed by atoms with Gasteiger partial charge >= 0.3 is 0 Å². The summed E-state index contributed by atoms with van der Waals surface area (Å²) >= 11 is 7.05. The molecular formula is C4H10NOPS2. The maximum atomic E-state index is 5.42. The quantitative estimate of drug-likeness (QED) is 0.571. The molecule has 0 aromatic rings. The molecule has 1 atom stereocenters. The molecule has 1 fully saturated rings. The molecule has 0 radical (unpaired) electrons. The van der Waals surface area contributed by atoms with Gasteiger partial charge in [0.2, 0.25) is 0 Å². The van der Waals surface area contributed by atoms with Crippen molar-refractivity contribution in [1.82, 2.24) is 4.67 Å². The average Bonchev–Trinajstić information content (AvgIpc) is 2.16. The molecule has 1 aliphatic heterocycles. The van der Waals surface area contributed by atoms with Crippen LogP contribution >= 0.6 is 17.0 Å². The topological polar surface area (TPSA) is 12.5 Å². The highest BCUT2D eigenvalue weighted by molar-refractivity contribution is 8.69.